The number of ether oxygens (including phenoxy) is 1. The molecule has 1 amide bonds. The molecule has 144 valence electrons. The maximum absolute atomic E-state index is 13.2. The van der Waals surface area contributed by atoms with Gasteiger partial charge in [0.25, 0.3) is 0 Å². The van der Waals surface area contributed by atoms with E-state index in [0.717, 1.165) is 5.56 Å². The van der Waals surface area contributed by atoms with Gasteiger partial charge in [0.1, 0.15) is 11.6 Å². The van der Waals surface area contributed by atoms with Gasteiger partial charge in [-0.1, -0.05) is 36.0 Å². The summed E-state index contributed by atoms with van der Waals surface area (Å²) in [5.41, 5.74) is 1.21. The van der Waals surface area contributed by atoms with Crippen molar-refractivity contribution >= 4 is 23.4 Å². The van der Waals surface area contributed by atoms with E-state index in [-0.39, 0.29) is 11.7 Å². The number of aromatic nitrogens is 3. The molecule has 6 nitrogen and oxygen atoms in total. The van der Waals surface area contributed by atoms with Crippen LogP contribution in [0.2, 0.25) is 0 Å². The second kappa shape index (κ2) is 9.18. The molecule has 2 aromatic carbocycles. The number of methoxy groups -OCH3 is 1. The Balaban J connectivity index is 1.76. The van der Waals surface area contributed by atoms with Crippen LogP contribution in [0.1, 0.15) is 0 Å². The Morgan fingerprint density at radius 3 is 2.86 bits per heavy atom. The first kappa shape index (κ1) is 19.6. The number of anilines is 1. The van der Waals surface area contributed by atoms with Crippen LogP contribution < -0.4 is 10.1 Å². The largest absolute Gasteiger partial charge is 0.496 e. The molecule has 0 aliphatic heterocycles. The van der Waals surface area contributed by atoms with Gasteiger partial charge in [-0.25, -0.2) is 4.39 Å². The number of amides is 1. The summed E-state index contributed by atoms with van der Waals surface area (Å²) in [6.45, 7) is 4.26. The zero-order valence-electron chi connectivity index (χ0n) is 15.3. The summed E-state index contributed by atoms with van der Waals surface area (Å²) in [4.78, 5) is 12.2. The number of carbonyl (C=O) groups is 1. The van der Waals surface area contributed by atoms with Gasteiger partial charge in [0.05, 0.1) is 18.4 Å². The predicted molar refractivity (Wildman–Crippen MR) is 108 cm³/mol. The highest BCUT2D eigenvalue weighted by Gasteiger charge is 2.17. The summed E-state index contributed by atoms with van der Waals surface area (Å²) < 4.78 is 20.5. The van der Waals surface area contributed by atoms with E-state index in [2.05, 4.69) is 22.1 Å². The summed E-state index contributed by atoms with van der Waals surface area (Å²) in [6, 6.07) is 13.3. The van der Waals surface area contributed by atoms with E-state index in [4.69, 9.17) is 4.74 Å². The lowest BCUT2D eigenvalue weighted by molar-refractivity contribution is -0.113. The van der Waals surface area contributed by atoms with E-state index in [1.54, 1.807) is 25.3 Å². The van der Waals surface area contributed by atoms with Crippen LogP contribution in [0.15, 0.2) is 66.3 Å². The highest BCUT2D eigenvalue weighted by molar-refractivity contribution is 7.99. The van der Waals surface area contributed by atoms with Crippen LogP contribution in [-0.2, 0) is 11.3 Å². The van der Waals surface area contributed by atoms with E-state index in [9.17, 15) is 9.18 Å². The first-order valence-corrected chi connectivity index (χ1v) is 9.46. The quantitative estimate of drug-likeness (QED) is 0.459. The molecular weight excluding hydrogens is 379 g/mol. The lowest BCUT2D eigenvalue weighted by Crippen LogP contribution is -2.14. The molecule has 1 heterocycles. The van der Waals surface area contributed by atoms with Crippen molar-refractivity contribution in [2.75, 3.05) is 18.2 Å². The van der Waals surface area contributed by atoms with Crippen LogP contribution in [0.25, 0.3) is 11.4 Å². The van der Waals surface area contributed by atoms with Gasteiger partial charge in [-0.15, -0.1) is 16.8 Å². The fourth-order valence-corrected chi connectivity index (χ4v) is 3.36. The Hall–Kier alpha value is -3.13. The first-order valence-electron chi connectivity index (χ1n) is 8.48. The van der Waals surface area contributed by atoms with Crippen molar-refractivity contribution in [2.45, 2.75) is 11.7 Å². The Morgan fingerprint density at radius 2 is 2.11 bits per heavy atom. The molecule has 1 N–H and O–H groups in total. The Morgan fingerprint density at radius 1 is 1.29 bits per heavy atom. The average molecular weight is 398 g/mol. The number of benzene rings is 2. The Bertz CT molecular complexity index is 990. The number of hydrogen-bond donors (Lipinski definition) is 1. The zero-order chi connectivity index (χ0) is 19.9. The minimum Gasteiger partial charge on any atom is -0.496 e. The summed E-state index contributed by atoms with van der Waals surface area (Å²) >= 11 is 1.24. The number of para-hydroxylation sites is 1. The van der Waals surface area contributed by atoms with Crippen molar-refractivity contribution < 1.29 is 13.9 Å². The third kappa shape index (κ3) is 4.58. The number of thioether (sulfide) groups is 1. The minimum atomic E-state index is -0.405. The van der Waals surface area contributed by atoms with Gasteiger partial charge in [0, 0.05) is 12.2 Å². The van der Waals surface area contributed by atoms with Gasteiger partial charge in [0.2, 0.25) is 5.91 Å². The fourth-order valence-electron chi connectivity index (χ4n) is 2.61. The van der Waals surface area contributed by atoms with Crippen LogP contribution in [-0.4, -0.2) is 33.5 Å². The topological polar surface area (TPSA) is 69.0 Å². The smallest absolute Gasteiger partial charge is 0.234 e. The summed E-state index contributed by atoms with van der Waals surface area (Å²) in [5, 5.41) is 11.7. The van der Waals surface area contributed by atoms with Gasteiger partial charge < -0.3 is 10.1 Å². The summed E-state index contributed by atoms with van der Waals surface area (Å²) in [5.74, 6) is 0.753. The molecule has 8 heteroatoms. The number of rotatable bonds is 8. The second-order valence-electron chi connectivity index (χ2n) is 5.75. The van der Waals surface area contributed by atoms with Crippen LogP contribution in [0, 0.1) is 5.82 Å². The molecule has 0 fully saturated rings. The molecule has 1 aromatic heterocycles. The Labute approximate surface area is 166 Å². The van der Waals surface area contributed by atoms with E-state index in [1.165, 1.54) is 23.9 Å². The van der Waals surface area contributed by atoms with Crippen LogP contribution in [0.4, 0.5) is 10.1 Å². The standard InChI is InChI=1S/C20H19FN4O2S/c1-3-11-25-19(16-9-4-5-10-17(16)27-2)23-24-20(25)28-13-18(26)22-15-8-6-7-14(21)12-15/h3-10,12H,1,11,13H2,2H3,(H,22,26). The third-order valence-corrected chi connectivity index (χ3v) is 4.78. The van der Waals surface area contributed by atoms with Crippen LogP contribution in [0.5, 0.6) is 5.75 Å². The molecule has 0 aliphatic rings. The lowest BCUT2D eigenvalue weighted by atomic mass is 10.2. The summed E-state index contributed by atoms with van der Waals surface area (Å²) in [6.07, 6.45) is 1.74. The van der Waals surface area contributed by atoms with Gasteiger partial charge >= 0.3 is 0 Å². The number of carbonyl (C=O) groups excluding carboxylic acids is 1. The highest BCUT2D eigenvalue weighted by Crippen LogP contribution is 2.30. The number of nitrogens with zero attached hydrogens (tertiary/aromatic N) is 3. The molecule has 28 heavy (non-hydrogen) atoms. The highest BCUT2D eigenvalue weighted by atomic mass is 32.2. The molecule has 0 aliphatic carbocycles. The van der Waals surface area contributed by atoms with E-state index < -0.39 is 5.82 Å². The molecule has 0 saturated heterocycles. The molecule has 0 radical (unpaired) electrons. The van der Waals surface area contributed by atoms with E-state index in [0.29, 0.717) is 29.0 Å². The summed E-state index contributed by atoms with van der Waals surface area (Å²) in [7, 11) is 1.60. The SMILES string of the molecule is C=CCn1c(SCC(=O)Nc2cccc(F)c2)nnc1-c1ccccc1OC. The van der Waals surface area contributed by atoms with Gasteiger partial charge in [-0.05, 0) is 30.3 Å². The van der Waals surface area contributed by atoms with Crippen molar-refractivity contribution in [3.05, 3.63) is 67.0 Å². The van der Waals surface area contributed by atoms with Crippen molar-refractivity contribution in [2.24, 2.45) is 0 Å². The molecule has 0 spiro atoms. The molecule has 3 aromatic rings. The molecule has 0 atom stereocenters. The monoisotopic (exact) mass is 398 g/mol. The lowest BCUT2D eigenvalue weighted by Gasteiger charge is -2.10. The number of halogens is 1. The van der Waals surface area contributed by atoms with Crippen molar-refractivity contribution in [3.63, 3.8) is 0 Å². The maximum Gasteiger partial charge on any atom is 0.234 e. The number of allylic oxidation sites excluding steroid dienone is 1. The molecule has 0 unspecified atom stereocenters. The third-order valence-electron chi connectivity index (χ3n) is 3.82. The predicted octanol–water partition coefficient (Wildman–Crippen LogP) is 4.01. The molecular formula is C20H19FN4O2S. The normalized spacial score (nSPS) is 10.5. The van der Waals surface area contributed by atoms with Crippen molar-refractivity contribution in [3.8, 4) is 17.1 Å². The first-order chi connectivity index (χ1) is 13.6. The number of nitrogens with one attached hydrogen (secondary N) is 1. The van der Waals surface area contributed by atoms with Gasteiger partial charge in [0.15, 0.2) is 11.0 Å². The maximum atomic E-state index is 13.2. The van der Waals surface area contributed by atoms with Gasteiger partial charge in [-0.2, -0.15) is 0 Å². The van der Waals surface area contributed by atoms with Crippen molar-refractivity contribution in [1.29, 1.82) is 0 Å². The Kier molecular flexibility index (Phi) is 6.44. The van der Waals surface area contributed by atoms with Crippen LogP contribution >= 0.6 is 11.8 Å². The molecule has 0 bridgehead atoms. The van der Waals surface area contributed by atoms with Crippen LogP contribution in [0.3, 0.4) is 0 Å². The second-order valence-corrected chi connectivity index (χ2v) is 6.70. The zero-order valence-corrected chi connectivity index (χ0v) is 16.1. The van der Waals surface area contributed by atoms with E-state index >= 15 is 0 Å². The molecule has 3 rings (SSSR count). The van der Waals surface area contributed by atoms with Gasteiger partial charge in [-0.3, -0.25) is 9.36 Å². The molecule has 0 saturated carbocycles. The number of hydrogen-bond acceptors (Lipinski definition) is 5. The minimum absolute atomic E-state index is 0.109. The average Bonchev–Trinajstić information content (AvgIpc) is 3.09. The van der Waals surface area contributed by atoms with E-state index in [1.807, 2.05) is 28.8 Å². The fraction of sp³-hybridized carbons (Fsp3) is 0.150. The van der Waals surface area contributed by atoms with Crippen molar-refractivity contribution in [1.82, 2.24) is 14.8 Å².